The van der Waals surface area contributed by atoms with Gasteiger partial charge >= 0.3 is 12.1 Å². The van der Waals surface area contributed by atoms with E-state index in [1.807, 2.05) is 44.2 Å². The number of hydrogen-bond acceptors (Lipinski definition) is 5. The van der Waals surface area contributed by atoms with Gasteiger partial charge in [-0.3, -0.25) is 4.79 Å². The molecule has 0 aliphatic rings. The van der Waals surface area contributed by atoms with Crippen LogP contribution in [0.25, 0.3) is 0 Å². The molecule has 0 saturated carbocycles. The Labute approximate surface area is 160 Å². The molecular formula is C20H30N2O5. The van der Waals surface area contributed by atoms with Crippen LogP contribution in [0.5, 0.6) is 0 Å². The largest absolute Gasteiger partial charge is 0.467 e. The van der Waals surface area contributed by atoms with E-state index in [-0.39, 0.29) is 18.4 Å². The summed E-state index contributed by atoms with van der Waals surface area (Å²) in [5.41, 5.74) is 0.850. The van der Waals surface area contributed by atoms with Crippen LogP contribution in [0.3, 0.4) is 0 Å². The maximum absolute atomic E-state index is 12.6. The van der Waals surface area contributed by atoms with E-state index in [1.165, 1.54) is 7.11 Å². The number of nitrogens with one attached hydrogen (secondary N) is 2. The fraction of sp³-hybridized carbons (Fsp3) is 0.550. The van der Waals surface area contributed by atoms with Crippen molar-refractivity contribution >= 4 is 18.0 Å². The highest BCUT2D eigenvalue weighted by Gasteiger charge is 2.30. The monoisotopic (exact) mass is 378 g/mol. The second-order valence-electron chi connectivity index (χ2n) is 7.14. The van der Waals surface area contributed by atoms with Crippen LogP contribution in [-0.2, 0) is 25.7 Å². The Morgan fingerprint density at radius 2 is 1.63 bits per heavy atom. The van der Waals surface area contributed by atoms with Crippen molar-refractivity contribution in [3.8, 4) is 0 Å². The molecular weight excluding hydrogens is 348 g/mol. The van der Waals surface area contributed by atoms with Crippen LogP contribution in [0.1, 0.15) is 39.7 Å². The van der Waals surface area contributed by atoms with E-state index >= 15 is 0 Å². The quantitative estimate of drug-likeness (QED) is 0.644. The first kappa shape index (κ1) is 22.5. The fourth-order valence-corrected chi connectivity index (χ4v) is 2.49. The molecule has 1 aromatic rings. The van der Waals surface area contributed by atoms with Crippen LogP contribution in [0.15, 0.2) is 30.3 Å². The Morgan fingerprint density at radius 3 is 2.15 bits per heavy atom. The average Bonchev–Trinajstić information content (AvgIpc) is 2.63. The lowest BCUT2D eigenvalue weighted by molar-refractivity contribution is -0.146. The first-order valence-electron chi connectivity index (χ1n) is 9.10. The highest BCUT2D eigenvalue weighted by Crippen LogP contribution is 2.09. The summed E-state index contributed by atoms with van der Waals surface area (Å²) in [5.74, 6) is -0.949. The number of rotatable bonds is 9. The number of carbonyl (C=O) groups is 3. The van der Waals surface area contributed by atoms with Crippen LogP contribution >= 0.6 is 0 Å². The average molecular weight is 378 g/mol. The Morgan fingerprint density at radius 1 is 1.00 bits per heavy atom. The van der Waals surface area contributed by atoms with Crippen molar-refractivity contribution < 1.29 is 23.9 Å². The zero-order valence-corrected chi connectivity index (χ0v) is 16.7. The third kappa shape index (κ3) is 8.11. The molecule has 1 aromatic carbocycles. The molecule has 0 heterocycles. The van der Waals surface area contributed by atoms with E-state index in [4.69, 9.17) is 9.47 Å². The molecule has 0 spiro atoms. The van der Waals surface area contributed by atoms with Crippen molar-refractivity contribution in [3.05, 3.63) is 35.9 Å². The lowest BCUT2D eigenvalue weighted by Crippen LogP contribution is -2.53. The van der Waals surface area contributed by atoms with E-state index in [9.17, 15) is 14.4 Å². The lowest BCUT2D eigenvalue weighted by atomic mass is 10.0. The fourth-order valence-electron chi connectivity index (χ4n) is 2.49. The standard InChI is InChI=1S/C20H30N2O5/c1-13(2)11-16(18(23)22-17(14(3)4)19(24)26-5)21-20(25)27-12-15-9-7-6-8-10-15/h6-10,13-14,16-17H,11-12H2,1-5H3,(H,21,25)(H,22,23)/t16-,17-/m0/s1. The number of methoxy groups -OCH3 is 1. The molecule has 0 aliphatic heterocycles. The number of benzene rings is 1. The van der Waals surface area contributed by atoms with Crippen LogP contribution in [0, 0.1) is 11.8 Å². The van der Waals surface area contributed by atoms with Crippen molar-refractivity contribution in [3.63, 3.8) is 0 Å². The van der Waals surface area contributed by atoms with Gasteiger partial charge in [0, 0.05) is 0 Å². The summed E-state index contributed by atoms with van der Waals surface area (Å²) >= 11 is 0. The molecule has 0 fully saturated rings. The van der Waals surface area contributed by atoms with Crippen molar-refractivity contribution in [2.45, 2.75) is 52.8 Å². The van der Waals surface area contributed by atoms with Gasteiger partial charge in [-0.15, -0.1) is 0 Å². The molecule has 2 N–H and O–H groups in total. The molecule has 27 heavy (non-hydrogen) atoms. The van der Waals surface area contributed by atoms with Gasteiger partial charge in [-0.2, -0.15) is 0 Å². The number of alkyl carbamates (subject to hydrolysis) is 1. The molecule has 0 radical (unpaired) electrons. The summed E-state index contributed by atoms with van der Waals surface area (Å²) in [5, 5.41) is 5.26. The van der Waals surface area contributed by atoms with Gasteiger partial charge in [0.2, 0.25) is 5.91 Å². The van der Waals surface area contributed by atoms with Crippen LogP contribution in [0.4, 0.5) is 4.79 Å². The minimum atomic E-state index is -0.806. The van der Waals surface area contributed by atoms with Gasteiger partial charge in [-0.1, -0.05) is 58.0 Å². The van der Waals surface area contributed by atoms with Crippen LogP contribution < -0.4 is 10.6 Å². The van der Waals surface area contributed by atoms with Gasteiger partial charge in [0.25, 0.3) is 0 Å². The molecule has 2 atom stereocenters. The summed E-state index contributed by atoms with van der Waals surface area (Å²) in [7, 11) is 1.27. The van der Waals surface area contributed by atoms with E-state index in [0.29, 0.717) is 6.42 Å². The Balaban J connectivity index is 2.71. The van der Waals surface area contributed by atoms with Gasteiger partial charge in [0.15, 0.2) is 0 Å². The van der Waals surface area contributed by atoms with Crippen molar-refractivity contribution in [1.29, 1.82) is 0 Å². The minimum absolute atomic E-state index is 0.111. The topological polar surface area (TPSA) is 93.7 Å². The molecule has 0 aromatic heterocycles. The number of carbonyl (C=O) groups excluding carboxylic acids is 3. The number of esters is 1. The zero-order valence-electron chi connectivity index (χ0n) is 16.7. The smallest absolute Gasteiger partial charge is 0.408 e. The summed E-state index contributed by atoms with van der Waals surface area (Å²) in [6.45, 7) is 7.61. The zero-order chi connectivity index (χ0) is 20.4. The molecule has 150 valence electrons. The number of hydrogen-bond donors (Lipinski definition) is 2. The Hall–Kier alpha value is -2.57. The maximum atomic E-state index is 12.6. The summed E-state index contributed by atoms with van der Waals surface area (Å²) < 4.78 is 9.93. The maximum Gasteiger partial charge on any atom is 0.408 e. The van der Waals surface area contributed by atoms with E-state index in [2.05, 4.69) is 10.6 Å². The van der Waals surface area contributed by atoms with Gasteiger partial charge in [0.05, 0.1) is 7.11 Å². The van der Waals surface area contributed by atoms with Gasteiger partial charge in [-0.25, -0.2) is 9.59 Å². The third-order valence-electron chi connectivity index (χ3n) is 3.95. The van der Waals surface area contributed by atoms with E-state index in [0.717, 1.165) is 5.56 Å². The van der Waals surface area contributed by atoms with Gasteiger partial charge in [0.1, 0.15) is 18.7 Å². The molecule has 0 bridgehead atoms. The Bertz CT molecular complexity index is 616. The van der Waals surface area contributed by atoms with E-state index < -0.39 is 30.1 Å². The molecule has 1 rings (SSSR count). The molecule has 7 heteroatoms. The van der Waals surface area contributed by atoms with Gasteiger partial charge < -0.3 is 20.1 Å². The minimum Gasteiger partial charge on any atom is -0.467 e. The molecule has 7 nitrogen and oxygen atoms in total. The predicted molar refractivity (Wildman–Crippen MR) is 102 cm³/mol. The lowest BCUT2D eigenvalue weighted by Gasteiger charge is -2.25. The summed E-state index contributed by atoms with van der Waals surface area (Å²) in [4.78, 5) is 36.6. The second-order valence-corrected chi connectivity index (χ2v) is 7.14. The van der Waals surface area contributed by atoms with Crippen LogP contribution in [0.2, 0.25) is 0 Å². The first-order valence-corrected chi connectivity index (χ1v) is 9.10. The molecule has 0 unspecified atom stereocenters. The van der Waals surface area contributed by atoms with Crippen molar-refractivity contribution in [2.75, 3.05) is 7.11 Å². The highest BCUT2D eigenvalue weighted by molar-refractivity contribution is 5.89. The number of ether oxygens (including phenoxy) is 2. The van der Waals surface area contributed by atoms with Gasteiger partial charge in [-0.05, 0) is 23.8 Å². The predicted octanol–water partition coefficient (Wildman–Crippen LogP) is 2.64. The molecule has 2 amide bonds. The number of amides is 2. The van der Waals surface area contributed by atoms with E-state index in [1.54, 1.807) is 13.8 Å². The molecule has 0 aliphatic carbocycles. The normalized spacial score (nSPS) is 13.0. The van der Waals surface area contributed by atoms with Crippen molar-refractivity contribution in [2.24, 2.45) is 11.8 Å². The Kier molecular flexibility index (Phi) is 9.33. The third-order valence-corrected chi connectivity index (χ3v) is 3.95. The summed E-state index contributed by atoms with van der Waals surface area (Å²) in [6.07, 6.45) is -0.267. The summed E-state index contributed by atoms with van der Waals surface area (Å²) in [6, 6.07) is 7.68. The first-order chi connectivity index (χ1) is 12.7. The SMILES string of the molecule is COC(=O)[C@@H](NC(=O)[C@H](CC(C)C)NC(=O)OCc1ccccc1)C(C)C. The highest BCUT2D eigenvalue weighted by atomic mass is 16.5. The second kappa shape index (κ2) is 11.2. The van der Waals surface area contributed by atoms with Crippen molar-refractivity contribution in [1.82, 2.24) is 10.6 Å². The molecule has 0 saturated heterocycles. The van der Waals surface area contributed by atoms with Crippen LogP contribution in [-0.4, -0.2) is 37.2 Å².